The standard InChI is InChI=1S/C29H48O2/c1-19(12-15-29(5,31)20-6-7-20)23-10-11-24-22-9-8-21-18-26(2,30)16-17-27(21,3)25(22)13-14-28(23,24)4/h8,19-20,22-25,30-31H,6-7,9-18H2,1-5H3. The topological polar surface area (TPSA) is 40.5 Å². The lowest BCUT2D eigenvalue weighted by molar-refractivity contribution is -0.0717. The largest absolute Gasteiger partial charge is 0.390 e. The number of hydrogen-bond acceptors (Lipinski definition) is 2. The predicted molar refractivity (Wildman–Crippen MR) is 128 cm³/mol. The fourth-order valence-corrected chi connectivity index (χ4v) is 9.41. The summed E-state index contributed by atoms with van der Waals surface area (Å²) in [6.07, 6.45) is 17.1. The summed E-state index contributed by atoms with van der Waals surface area (Å²) in [6, 6.07) is 0. The molecule has 5 rings (SSSR count). The van der Waals surface area contributed by atoms with Gasteiger partial charge in [-0.1, -0.05) is 32.4 Å². The van der Waals surface area contributed by atoms with Gasteiger partial charge < -0.3 is 10.2 Å². The van der Waals surface area contributed by atoms with Crippen molar-refractivity contribution >= 4 is 0 Å². The quantitative estimate of drug-likeness (QED) is 0.468. The Hall–Kier alpha value is -0.340. The SMILES string of the molecule is CC(CCC(C)(O)C1CC1)C1CCC2C3CC=C4CC(C)(O)CCC4(C)C3CCC12C. The van der Waals surface area contributed by atoms with E-state index in [0.29, 0.717) is 16.7 Å². The minimum Gasteiger partial charge on any atom is -0.390 e. The van der Waals surface area contributed by atoms with Gasteiger partial charge in [-0.3, -0.25) is 0 Å². The van der Waals surface area contributed by atoms with Crippen LogP contribution in [0.2, 0.25) is 0 Å². The molecular formula is C29H48O2. The van der Waals surface area contributed by atoms with Crippen LogP contribution >= 0.6 is 0 Å². The Bertz CT molecular complexity index is 731. The molecule has 0 aromatic carbocycles. The van der Waals surface area contributed by atoms with Crippen LogP contribution in [0.4, 0.5) is 0 Å². The third-order valence-electron chi connectivity index (χ3n) is 11.7. The molecule has 2 N–H and O–H groups in total. The van der Waals surface area contributed by atoms with Crippen molar-refractivity contribution in [3.63, 3.8) is 0 Å². The summed E-state index contributed by atoms with van der Waals surface area (Å²) in [4.78, 5) is 0. The molecule has 9 atom stereocenters. The number of rotatable bonds is 5. The van der Waals surface area contributed by atoms with E-state index in [1.54, 1.807) is 5.57 Å². The van der Waals surface area contributed by atoms with E-state index in [4.69, 9.17) is 0 Å². The molecule has 176 valence electrons. The van der Waals surface area contributed by atoms with Crippen LogP contribution in [0.1, 0.15) is 112 Å². The van der Waals surface area contributed by atoms with Gasteiger partial charge in [0, 0.05) is 0 Å². The summed E-state index contributed by atoms with van der Waals surface area (Å²) in [5, 5.41) is 21.5. The van der Waals surface area contributed by atoms with Crippen molar-refractivity contribution in [1.29, 1.82) is 0 Å². The zero-order chi connectivity index (χ0) is 22.2. The number of fused-ring (bicyclic) bond motifs is 5. The molecule has 0 bridgehead atoms. The van der Waals surface area contributed by atoms with Gasteiger partial charge in [0.1, 0.15) is 0 Å². The van der Waals surface area contributed by atoms with E-state index in [0.717, 1.165) is 48.9 Å². The zero-order valence-electron chi connectivity index (χ0n) is 20.9. The van der Waals surface area contributed by atoms with Crippen molar-refractivity contribution in [2.24, 2.45) is 46.3 Å². The lowest BCUT2D eigenvalue weighted by Crippen LogP contribution is -2.52. The van der Waals surface area contributed by atoms with Gasteiger partial charge >= 0.3 is 0 Å². The summed E-state index contributed by atoms with van der Waals surface area (Å²) in [6.45, 7) is 11.8. The average molecular weight is 429 g/mol. The molecule has 0 saturated heterocycles. The van der Waals surface area contributed by atoms with Crippen LogP contribution in [0.25, 0.3) is 0 Å². The predicted octanol–water partition coefficient (Wildman–Crippen LogP) is 6.89. The van der Waals surface area contributed by atoms with Gasteiger partial charge in [-0.25, -0.2) is 0 Å². The first-order valence-electron chi connectivity index (χ1n) is 13.6. The Morgan fingerprint density at radius 2 is 1.77 bits per heavy atom. The van der Waals surface area contributed by atoms with Crippen molar-refractivity contribution < 1.29 is 10.2 Å². The molecule has 0 spiro atoms. The van der Waals surface area contributed by atoms with Crippen LogP contribution in [-0.4, -0.2) is 21.4 Å². The van der Waals surface area contributed by atoms with Crippen LogP contribution < -0.4 is 0 Å². The molecule has 0 amide bonds. The van der Waals surface area contributed by atoms with E-state index >= 15 is 0 Å². The highest BCUT2D eigenvalue weighted by molar-refractivity contribution is 5.26. The Morgan fingerprint density at radius 1 is 1.03 bits per heavy atom. The van der Waals surface area contributed by atoms with Crippen molar-refractivity contribution in [2.45, 2.75) is 123 Å². The lowest BCUT2D eigenvalue weighted by atomic mass is 9.46. The monoisotopic (exact) mass is 428 g/mol. The molecule has 9 unspecified atom stereocenters. The molecule has 0 radical (unpaired) electrons. The highest BCUT2D eigenvalue weighted by Gasteiger charge is 2.59. The minimum atomic E-state index is -0.489. The fourth-order valence-electron chi connectivity index (χ4n) is 9.41. The molecule has 0 aliphatic heterocycles. The molecule has 0 aromatic rings. The first kappa shape index (κ1) is 22.5. The molecule has 4 fully saturated rings. The summed E-state index contributed by atoms with van der Waals surface area (Å²) < 4.78 is 0. The lowest BCUT2D eigenvalue weighted by Gasteiger charge is -2.59. The fraction of sp³-hybridized carbons (Fsp3) is 0.931. The average Bonchev–Trinajstić information content (AvgIpc) is 3.49. The van der Waals surface area contributed by atoms with E-state index in [-0.39, 0.29) is 0 Å². The van der Waals surface area contributed by atoms with E-state index in [2.05, 4.69) is 33.8 Å². The second-order valence-electron chi connectivity index (χ2n) is 13.8. The molecule has 2 nitrogen and oxygen atoms in total. The first-order chi connectivity index (χ1) is 14.5. The number of hydrogen-bond donors (Lipinski definition) is 2. The first-order valence-corrected chi connectivity index (χ1v) is 13.6. The van der Waals surface area contributed by atoms with E-state index < -0.39 is 11.2 Å². The van der Waals surface area contributed by atoms with Gasteiger partial charge in [0.25, 0.3) is 0 Å². The van der Waals surface area contributed by atoms with Crippen LogP contribution in [0.5, 0.6) is 0 Å². The molecule has 4 saturated carbocycles. The van der Waals surface area contributed by atoms with Gasteiger partial charge in [0.15, 0.2) is 0 Å². The zero-order valence-corrected chi connectivity index (χ0v) is 20.9. The number of allylic oxidation sites excluding steroid dienone is 1. The second kappa shape index (κ2) is 7.33. The van der Waals surface area contributed by atoms with Crippen LogP contribution in [-0.2, 0) is 0 Å². The van der Waals surface area contributed by atoms with Gasteiger partial charge in [0.2, 0.25) is 0 Å². The van der Waals surface area contributed by atoms with E-state index in [1.807, 2.05) is 6.92 Å². The van der Waals surface area contributed by atoms with Crippen LogP contribution in [0.3, 0.4) is 0 Å². The summed E-state index contributed by atoms with van der Waals surface area (Å²) in [7, 11) is 0. The smallest absolute Gasteiger partial charge is 0.0657 e. The molecule has 0 aromatic heterocycles. The highest BCUT2D eigenvalue weighted by Crippen LogP contribution is 2.67. The van der Waals surface area contributed by atoms with Crippen molar-refractivity contribution in [3.8, 4) is 0 Å². The summed E-state index contributed by atoms with van der Waals surface area (Å²) >= 11 is 0. The Kier molecular flexibility index (Phi) is 5.31. The molecule has 2 heteroatoms. The molecule has 31 heavy (non-hydrogen) atoms. The third-order valence-corrected chi connectivity index (χ3v) is 11.7. The van der Waals surface area contributed by atoms with E-state index in [1.165, 1.54) is 57.8 Å². The van der Waals surface area contributed by atoms with Gasteiger partial charge in [-0.05, 0) is 137 Å². The second-order valence-corrected chi connectivity index (χ2v) is 13.8. The maximum atomic E-state index is 10.8. The summed E-state index contributed by atoms with van der Waals surface area (Å²) in [5.41, 5.74) is 1.50. The molecule has 0 heterocycles. The van der Waals surface area contributed by atoms with Gasteiger partial charge in [0.05, 0.1) is 11.2 Å². The van der Waals surface area contributed by atoms with Crippen molar-refractivity contribution in [2.75, 3.05) is 0 Å². The van der Waals surface area contributed by atoms with Crippen molar-refractivity contribution in [3.05, 3.63) is 11.6 Å². The normalized spacial score (nSPS) is 50.0. The van der Waals surface area contributed by atoms with Crippen molar-refractivity contribution in [1.82, 2.24) is 0 Å². The van der Waals surface area contributed by atoms with Crippen LogP contribution in [0.15, 0.2) is 11.6 Å². The highest BCUT2D eigenvalue weighted by atomic mass is 16.3. The molecule has 5 aliphatic rings. The van der Waals surface area contributed by atoms with E-state index in [9.17, 15) is 10.2 Å². The molecule has 5 aliphatic carbocycles. The maximum absolute atomic E-state index is 10.8. The third kappa shape index (κ3) is 3.67. The Morgan fingerprint density at radius 3 is 2.48 bits per heavy atom. The number of aliphatic hydroxyl groups is 2. The Labute approximate surface area is 191 Å². The maximum Gasteiger partial charge on any atom is 0.0657 e. The van der Waals surface area contributed by atoms with Crippen LogP contribution in [0, 0.1) is 46.3 Å². The summed E-state index contributed by atoms with van der Waals surface area (Å²) in [5.74, 6) is 4.68. The molecular weight excluding hydrogens is 380 g/mol. The Balaban J connectivity index is 1.31. The van der Waals surface area contributed by atoms with Gasteiger partial charge in [-0.15, -0.1) is 0 Å². The minimum absolute atomic E-state index is 0.332. The van der Waals surface area contributed by atoms with Gasteiger partial charge in [-0.2, -0.15) is 0 Å².